The van der Waals surface area contributed by atoms with Crippen molar-refractivity contribution in [3.63, 3.8) is 0 Å². The molecule has 2 rings (SSSR count). The Balaban J connectivity index is 2.16. The lowest BCUT2D eigenvalue weighted by molar-refractivity contribution is -0.189. The SMILES string of the molecule is N#CC(CC1(C(F)(F)F)CC1)c1cnc(C(F)F)nc1. The molecule has 1 aromatic rings. The monoisotopic (exact) mass is 291 g/mol. The van der Waals surface area contributed by atoms with E-state index in [0.717, 1.165) is 12.4 Å². The Labute approximate surface area is 111 Å². The van der Waals surface area contributed by atoms with Gasteiger partial charge in [0.15, 0.2) is 5.82 Å². The predicted octanol–water partition coefficient (Wildman–Crippen LogP) is 3.75. The smallest absolute Gasteiger partial charge is 0.236 e. The van der Waals surface area contributed by atoms with E-state index in [1.807, 2.05) is 0 Å². The van der Waals surface area contributed by atoms with E-state index >= 15 is 0 Å². The number of hydrogen-bond acceptors (Lipinski definition) is 3. The topological polar surface area (TPSA) is 49.6 Å². The summed E-state index contributed by atoms with van der Waals surface area (Å²) in [4.78, 5) is 6.73. The van der Waals surface area contributed by atoms with Gasteiger partial charge in [-0.3, -0.25) is 0 Å². The van der Waals surface area contributed by atoms with Gasteiger partial charge in [-0.1, -0.05) is 0 Å². The first-order valence-electron chi connectivity index (χ1n) is 5.85. The van der Waals surface area contributed by atoms with E-state index < -0.39 is 29.8 Å². The van der Waals surface area contributed by atoms with Crippen LogP contribution in [0.1, 0.15) is 43.0 Å². The van der Waals surface area contributed by atoms with E-state index in [9.17, 15) is 22.0 Å². The molecule has 1 fully saturated rings. The highest BCUT2D eigenvalue weighted by molar-refractivity contribution is 5.22. The molecule has 0 saturated heterocycles. The van der Waals surface area contributed by atoms with Crippen molar-refractivity contribution in [2.24, 2.45) is 5.41 Å². The first-order chi connectivity index (χ1) is 9.29. The van der Waals surface area contributed by atoms with Crippen LogP contribution in [0.2, 0.25) is 0 Å². The van der Waals surface area contributed by atoms with Gasteiger partial charge in [-0.05, 0) is 19.3 Å². The highest BCUT2D eigenvalue weighted by Gasteiger charge is 2.63. The summed E-state index contributed by atoms with van der Waals surface area (Å²) in [6.07, 6.45) is -5.62. The second kappa shape index (κ2) is 4.96. The summed E-state index contributed by atoms with van der Waals surface area (Å²) >= 11 is 0. The quantitative estimate of drug-likeness (QED) is 0.794. The number of halogens is 5. The lowest BCUT2D eigenvalue weighted by atomic mass is 9.88. The molecule has 1 aromatic heterocycles. The fourth-order valence-corrected chi connectivity index (χ4v) is 2.02. The highest BCUT2D eigenvalue weighted by Crippen LogP contribution is 2.61. The fourth-order valence-electron chi connectivity index (χ4n) is 2.02. The van der Waals surface area contributed by atoms with Crippen molar-refractivity contribution in [1.82, 2.24) is 9.97 Å². The number of aromatic nitrogens is 2. The third-order valence-corrected chi connectivity index (χ3v) is 3.49. The summed E-state index contributed by atoms with van der Waals surface area (Å²) in [5.41, 5.74) is -1.69. The van der Waals surface area contributed by atoms with Gasteiger partial charge < -0.3 is 0 Å². The van der Waals surface area contributed by atoms with Crippen LogP contribution in [0.5, 0.6) is 0 Å². The van der Waals surface area contributed by atoms with Crippen molar-refractivity contribution in [1.29, 1.82) is 5.26 Å². The van der Waals surface area contributed by atoms with Crippen molar-refractivity contribution < 1.29 is 22.0 Å². The Bertz CT molecular complexity index is 513. The van der Waals surface area contributed by atoms with Gasteiger partial charge in [0.2, 0.25) is 0 Å². The Hall–Kier alpha value is -1.78. The van der Waals surface area contributed by atoms with Gasteiger partial charge in [0.25, 0.3) is 6.43 Å². The first-order valence-corrected chi connectivity index (χ1v) is 5.85. The fraction of sp³-hybridized carbons (Fsp3) is 0.583. The maximum atomic E-state index is 12.8. The van der Waals surface area contributed by atoms with E-state index in [0.29, 0.717) is 0 Å². The third-order valence-electron chi connectivity index (χ3n) is 3.49. The number of hydrogen-bond donors (Lipinski definition) is 0. The maximum Gasteiger partial charge on any atom is 0.394 e. The molecular weight excluding hydrogens is 281 g/mol. The highest BCUT2D eigenvalue weighted by atomic mass is 19.4. The lowest BCUT2D eigenvalue weighted by Gasteiger charge is -2.21. The van der Waals surface area contributed by atoms with Gasteiger partial charge in [0.1, 0.15) is 0 Å². The molecule has 1 aliphatic carbocycles. The van der Waals surface area contributed by atoms with Gasteiger partial charge in [0.05, 0.1) is 17.4 Å². The number of rotatable bonds is 4. The van der Waals surface area contributed by atoms with Crippen molar-refractivity contribution >= 4 is 0 Å². The second-order valence-corrected chi connectivity index (χ2v) is 4.84. The van der Waals surface area contributed by atoms with Crippen LogP contribution >= 0.6 is 0 Å². The molecule has 0 N–H and O–H groups in total. The predicted molar refractivity (Wildman–Crippen MR) is 57.7 cm³/mol. The third kappa shape index (κ3) is 2.71. The molecule has 0 spiro atoms. The van der Waals surface area contributed by atoms with Crippen LogP contribution in [0.3, 0.4) is 0 Å². The number of alkyl halides is 5. The van der Waals surface area contributed by atoms with Crippen LogP contribution in [0.15, 0.2) is 12.4 Å². The summed E-state index contributed by atoms with van der Waals surface area (Å²) in [6, 6.07) is 1.77. The summed E-state index contributed by atoms with van der Waals surface area (Å²) in [5.74, 6) is -1.76. The van der Waals surface area contributed by atoms with Crippen LogP contribution in [-0.2, 0) is 0 Å². The molecule has 20 heavy (non-hydrogen) atoms. The minimum atomic E-state index is -4.36. The molecule has 0 aliphatic heterocycles. The molecule has 1 unspecified atom stereocenters. The van der Waals surface area contributed by atoms with E-state index in [4.69, 9.17) is 5.26 Å². The van der Waals surface area contributed by atoms with Gasteiger partial charge >= 0.3 is 6.18 Å². The second-order valence-electron chi connectivity index (χ2n) is 4.84. The molecule has 8 heteroatoms. The molecule has 108 valence electrons. The van der Waals surface area contributed by atoms with E-state index in [-0.39, 0.29) is 24.8 Å². The molecule has 1 saturated carbocycles. The summed E-state index contributed by atoms with van der Waals surface area (Å²) in [7, 11) is 0. The molecule has 1 heterocycles. The summed E-state index contributed by atoms with van der Waals surface area (Å²) < 4.78 is 63.1. The molecule has 3 nitrogen and oxygen atoms in total. The zero-order chi connectivity index (χ0) is 15.0. The van der Waals surface area contributed by atoms with Crippen LogP contribution in [-0.4, -0.2) is 16.1 Å². The minimum Gasteiger partial charge on any atom is -0.236 e. The Morgan fingerprint density at radius 1 is 1.25 bits per heavy atom. The van der Waals surface area contributed by atoms with Gasteiger partial charge in [-0.15, -0.1) is 0 Å². The van der Waals surface area contributed by atoms with Crippen LogP contribution < -0.4 is 0 Å². The van der Waals surface area contributed by atoms with Crippen LogP contribution in [0.25, 0.3) is 0 Å². The Morgan fingerprint density at radius 3 is 2.15 bits per heavy atom. The standard InChI is InChI=1S/C12H10F5N3/c13-9(14)10-19-5-8(6-20-10)7(4-18)3-11(1-2-11)12(15,16)17/h5-7,9H,1-3H2. The maximum absolute atomic E-state index is 12.8. The van der Waals surface area contributed by atoms with Crippen molar-refractivity contribution in [3.8, 4) is 6.07 Å². The van der Waals surface area contributed by atoms with Gasteiger partial charge in [0, 0.05) is 18.0 Å². The van der Waals surface area contributed by atoms with E-state index in [2.05, 4.69) is 9.97 Å². The van der Waals surface area contributed by atoms with Gasteiger partial charge in [-0.2, -0.15) is 18.4 Å². The molecule has 0 bridgehead atoms. The van der Waals surface area contributed by atoms with Crippen molar-refractivity contribution in [2.75, 3.05) is 0 Å². The number of nitrogens with zero attached hydrogens (tertiary/aromatic N) is 3. The zero-order valence-corrected chi connectivity index (χ0v) is 10.2. The molecule has 0 amide bonds. The Morgan fingerprint density at radius 2 is 1.80 bits per heavy atom. The molecule has 1 atom stereocenters. The zero-order valence-electron chi connectivity index (χ0n) is 10.2. The average molecular weight is 291 g/mol. The van der Waals surface area contributed by atoms with E-state index in [1.165, 1.54) is 0 Å². The normalized spacial score (nSPS) is 18.6. The van der Waals surface area contributed by atoms with Crippen molar-refractivity contribution in [2.45, 2.75) is 37.8 Å². The Kier molecular flexibility index (Phi) is 3.63. The molecular formula is C12H10F5N3. The molecule has 0 aromatic carbocycles. The largest absolute Gasteiger partial charge is 0.394 e. The minimum absolute atomic E-state index is 0.00927. The summed E-state index contributed by atoms with van der Waals surface area (Å²) in [5, 5.41) is 8.99. The summed E-state index contributed by atoms with van der Waals surface area (Å²) in [6.45, 7) is 0. The average Bonchev–Trinajstić information content (AvgIpc) is 3.16. The van der Waals surface area contributed by atoms with Crippen LogP contribution in [0.4, 0.5) is 22.0 Å². The molecule has 1 aliphatic rings. The molecule has 0 radical (unpaired) electrons. The van der Waals surface area contributed by atoms with Crippen molar-refractivity contribution in [3.05, 3.63) is 23.8 Å². The van der Waals surface area contributed by atoms with Gasteiger partial charge in [-0.25, -0.2) is 18.7 Å². The first kappa shape index (κ1) is 14.6. The van der Waals surface area contributed by atoms with Crippen LogP contribution in [0, 0.1) is 16.7 Å². The van der Waals surface area contributed by atoms with E-state index in [1.54, 1.807) is 6.07 Å². The lowest BCUT2D eigenvalue weighted by Crippen LogP contribution is -2.26. The number of nitriles is 1.